The molecular weight excluding hydrogens is 280 g/mol. The van der Waals surface area contributed by atoms with Crippen LogP contribution >= 0.6 is 0 Å². The van der Waals surface area contributed by atoms with Crippen molar-refractivity contribution in [3.05, 3.63) is 0 Å². The average molecular weight is 314 g/mol. The highest BCUT2D eigenvalue weighted by molar-refractivity contribution is 5.64. The SMILES string of the molecule is CCN(CCO)CCCCC1CCC(CN(C)C(=O)O)CC1. The number of nitrogens with zero attached hydrogens (tertiary/aromatic N) is 2. The Hall–Kier alpha value is -0.810. The minimum absolute atomic E-state index is 0.253. The first kappa shape index (κ1) is 19.2. The second kappa shape index (κ2) is 10.8. The number of rotatable bonds is 10. The molecular formula is C17H34N2O3. The molecule has 0 aromatic heterocycles. The molecule has 1 fully saturated rings. The summed E-state index contributed by atoms with van der Waals surface area (Å²) in [6.07, 6.45) is 7.84. The highest BCUT2D eigenvalue weighted by Gasteiger charge is 2.23. The van der Waals surface area contributed by atoms with Crippen molar-refractivity contribution in [1.82, 2.24) is 9.80 Å². The van der Waals surface area contributed by atoms with Crippen LogP contribution in [0.2, 0.25) is 0 Å². The summed E-state index contributed by atoms with van der Waals surface area (Å²) in [5.74, 6) is 1.39. The highest BCUT2D eigenvalue weighted by atomic mass is 16.4. The Morgan fingerprint density at radius 2 is 1.73 bits per heavy atom. The number of amides is 1. The zero-order chi connectivity index (χ0) is 16.4. The third-order valence-corrected chi connectivity index (χ3v) is 5.03. The summed E-state index contributed by atoms with van der Waals surface area (Å²) >= 11 is 0. The number of carbonyl (C=O) groups is 1. The van der Waals surface area contributed by atoms with Gasteiger partial charge in [0.25, 0.3) is 0 Å². The van der Waals surface area contributed by atoms with Gasteiger partial charge >= 0.3 is 6.09 Å². The Balaban J connectivity index is 2.09. The maximum atomic E-state index is 10.8. The van der Waals surface area contributed by atoms with Gasteiger partial charge in [0.05, 0.1) is 6.61 Å². The molecule has 0 heterocycles. The molecule has 0 aliphatic heterocycles. The van der Waals surface area contributed by atoms with Crippen LogP contribution in [0.1, 0.15) is 51.9 Å². The quantitative estimate of drug-likeness (QED) is 0.609. The summed E-state index contributed by atoms with van der Waals surface area (Å²) in [5, 5.41) is 17.9. The molecule has 0 saturated heterocycles. The summed E-state index contributed by atoms with van der Waals surface area (Å²) in [4.78, 5) is 14.6. The lowest BCUT2D eigenvalue weighted by Gasteiger charge is -2.30. The van der Waals surface area contributed by atoms with E-state index in [0.29, 0.717) is 12.5 Å². The molecule has 22 heavy (non-hydrogen) atoms. The van der Waals surface area contributed by atoms with Gasteiger partial charge in [-0.15, -0.1) is 0 Å². The maximum absolute atomic E-state index is 10.8. The van der Waals surface area contributed by atoms with E-state index in [1.165, 1.54) is 49.8 Å². The van der Waals surface area contributed by atoms with Crippen LogP contribution in [0.3, 0.4) is 0 Å². The largest absolute Gasteiger partial charge is 0.465 e. The van der Waals surface area contributed by atoms with Gasteiger partial charge in [-0.1, -0.05) is 32.6 Å². The summed E-state index contributed by atoms with van der Waals surface area (Å²) in [7, 11) is 1.67. The smallest absolute Gasteiger partial charge is 0.407 e. The second-order valence-corrected chi connectivity index (χ2v) is 6.70. The van der Waals surface area contributed by atoms with E-state index in [4.69, 9.17) is 10.2 Å². The van der Waals surface area contributed by atoms with E-state index in [0.717, 1.165) is 25.6 Å². The van der Waals surface area contributed by atoms with E-state index in [2.05, 4.69) is 11.8 Å². The number of carboxylic acid groups (broad SMARTS) is 1. The number of aliphatic hydroxyl groups is 1. The normalized spacial score (nSPS) is 22.0. The Kier molecular flexibility index (Phi) is 9.48. The summed E-state index contributed by atoms with van der Waals surface area (Å²) < 4.78 is 0. The molecule has 0 spiro atoms. The van der Waals surface area contributed by atoms with Gasteiger partial charge in [0.2, 0.25) is 0 Å². The molecule has 1 aliphatic carbocycles. The van der Waals surface area contributed by atoms with Crippen molar-refractivity contribution in [2.24, 2.45) is 11.8 Å². The zero-order valence-corrected chi connectivity index (χ0v) is 14.3. The van der Waals surface area contributed by atoms with Crippen LogP contribution in [0, 0.1) is 11.8 Å². The molecule has 0 bridgehead atoms. The molecule has 0 radical (unpaired) electrons. The second-order valence-electron chi connectivity index (χ2n) is 6.70. The Labute approximate surface area is 135 Å². The van der Waals surface area contributed by atoms with E-state index >= 15 is 0 Å². The first-order valence-electron chi connectivity index (χ1n) is 8.84. The summed E-state index contributed by atoms with van der Waals surface area (Å²) in [6, 6.07) is 0. The molecule has 5 heteroatoms. The van der Waals surface area contributed by atoms with Crippen molar-refractivity contribution >= 4 is 6.09 Å². The lowest BCUT2D eigenvalue weighted by molar-refractivity contribution is 0.138. The molecule has 1 amide bonds. The number of unbranched alkanes of at least 4 members (excludes halogenated alkanes) is 1. The number of likely N-dealkylation sites (N-methyl/N-ethyl adjacent to an activating group) is 1. The lowest BCUT2D eigenvalue weighted by atomic mass is 9.79. The average Bonchev–Trinajstić information content (AvgIpc) is 2.51. The topological polar surface area (TPSA) is 64.0 Å². The fourth-order valence-electron chi connectivity index (χ4n) is 3.51. The fourth-order valence-corrected chi connectivity index (χ4v) is 3.51. The van der Waals surface area contributed by atoms with Crippen LogP contribution in [-0.2, 0) is 0 Å². The van der Waals surface area contributed by atoms with Crippen LogP contribution in [0.15, 0.2) is 0 Å². The van der Waals surface area contributed by atoms with Gasteiger partial charge in [0, 0.05) is 20.1 Å². The molecule has 2 N–H and O–H groups in total. The first-order valence-corrected chi connectivity index (χ1v) is 8.84. The molecule has 1 aliphatic rings. The van der Waals surface area contributed by atoms with Crippen LogP contribution in [0.4, 0.5) is 4.79 Å². The monoisotopic (exact) mass is 314 g/mol. The minimum atomic E-state index is -0.814. The van der Waals surface area contributed by atoms with Crippen molar-refractivity contribution in [2.75, 3.05) is 39.8 Å². The standard InChI is InChI=1S/C17H34N2O3/c1-3-19(12-13-20)11-5-4-6-15-7-9-16(10-8-15)14-18(2)17(21)22/h15-16,20H,3-14H2,1-2H3,(H,21,22). The molecule has 1 rings (SSSR count). The maximum Gasteiger partial charge on any atom is 0.407 e. The van der Waals surface area contributed by atoms with Crippen molar-refractivity contribution in [1.29, 1.82) is 0 Å². The van der Waals surface area contributed by atoms with E-state index in [-0.39, 0.29) is 6.61 Å². The zero-order valence-electron chi connectivity index (χ0n) is 14.3. The molecule has 5 nitrogen and oxygen atoms in total. The van der Waals surface area contributed by atoms with E-state index in [1.807, 2.05) is 0 Å². The van der Waals surface area contributed by atoms with Crippen LogP contribution < -0.4 is 0 Å². The molecule has 130 valence electrons. The van der Waals surface area contributed by atoms with Gasteiger partial charge < -0.3 is 20.0 Å². The van der Waals surface area contributed by atoms with Crippen molar-refractivity contribution < 1.29 is 15.0 Å². The van der Waals surface area contributed by atoms with Crippen molar-refractivity contribution in [3.8, 4) is 0 Å². The number of hydrogen-bond donors (Lipinski definition) is 2. The predicted molar refractivity (Wildman–Crippen MR) is 89.2 cm³/mol. The fraction of sp³-hybridized carbons (Fsp3) is 0.941. The van der Waals surface area contributed by atoms with E-state index in [1.54, 1.807) is 7.05 Å². The minimum Gasteiger partial charge on any atom is -0.465 e. The predicted octanol–water partition coefficient (Wildman–Crippen LogP) is 2.89. The first-order chi connectivity index (χ1) is 10.6. The van der Waals surface area contributed by atoms with E-state index in [9.17, 15) is 4.79 Å². The highest BCUT2D eigenvalue weighted by Crippen LogP contribution is 2.32. The van der Waals surface area contributed by atoms with Crippen LogP contribution in [0.5, 0.6) is 0 Å². The molecule has 0 atom stereocenters. The summed E-state index contributed by atoms with van der Waals surface area (Å²) in [6.45, 7) is 5.99. The van der Waals surface area contributed by atoms with E-state index < -0.39 is 6.09 Å². The lowest BCUT2D eigenvalue weighted by Crippen LogP contribution is -2.32. The Morgan fingerprint density at radius 1 is 1.09 bits per heavy atom. The number of hydrogen-bond acceptors (Lipinski definition) is 3. The molecule has 0 aromatic rings. The van der Waals surface area contributed by atoms with Gasteiger partial charge in [-0.05, 0) is 44.2 Å². The third-order valence-electron chi connectivity index (χ3n) is 5.03. The van der Waals surface area contributed by atoms with Crippen molar-refractivity contribution in [2.45, 2.75) is 51.9 Å². The van der Waals surface area contributed by atoms with Crippen LogP contribution in [-0.4, -0.2) is 65.9 Å². The van der Waals surface area contributed by atoms with Gasteiger partial charge in [-0.2, -0.15) is 0 Å². The van der Waals surface area contributed by atoms with Gasteiger partial charge in [-0.3, -0.25) is 0 Å². The third kappa shape index (κ3) is 7.45. The molecule has 0 aromatic carbocycles. The Bertz CT molecular complexity index is 304. The van der Waals surface area contributed by atoms with Gasteiger partial charge in [0.1, 0.15) is 0 Å². The number of aliphatic hydroxyl groups excluding tert-OH is 1. The van der Waals surface area contributed by atoms with Gasteiger partial charge in [0.15, 0.2) is 0 Å². The van der Waals surface area contributed by atoms with Crippen LogP contribution in [0.25, 0.3) is 0 Å². The van der Waals surface area contributed by atoms with Gasteiger partial charge in [-0.25, -0.2) is 4.79 Å². The summed E-state index contributed by atoms with van der Waals surface area (Å²) in [5.41, 5.74) is 0. The van der Waals surface area contributed by atoms with Crippen molar-refractivity contribution in [3.63, 3.8) is 0 Å². The molecule has 0 unspecified atom stereocenters. The Morgan fingerprint density at radius 3 is 2.27 bits per heavy atom. The molecule has 1 saturated carbocycles.